The third-order valence-electron chi connectivity index (χ3n) is 0.678. The average Bonchev–Trinajstić information content (AvgIpc) is 2.00. The Morgan fingerprint density at radius 2 is 1.79 bits per heavy atom. The van der Waals surface area contributed by atoms with E-state index < -0.39 is 26.3 Å². The Balaban J connectivity index is 0. The molecule has 0 fully saturated rings. The van der Waals surface area contributed by atoms with Crippen LogP contribution in [0.15, 0.2) is 0 Å². The van der Waals surface area contributed by atoms with Gasteiger partial charge in [0.1, 0.15) is 0 Å². The molecule has 14 heavy (non-hydrogen) atoms. The van der Waals surface area contributed by atoms with E-state index in [1.165, 1.54) is 6.07 Å². The standard InChI is InChI=1S/C4H4F3N.CH2BNO3/c5-4(6,7)2-1-3-8;3-1-6-2(4)5/h1-2H2;4-5H. The molecule has 0 rings (SSSR count). The van der Waals surface area contributed by atoms with Gasteiger partial charge in [0.05, 0.1) is 12.5 Å². The smallest absolute Gasteiger partial charge is 0.442 e. The van der Waals surface area contributed by atoms with E-state index in [2.05, 4.69) is 4.65 Å². The van der Waals surface area contributed by atoms with E-state index in [0.29, 0.717) is 0 Å². The highest BCUT2D eigenvalue weighted by Crippen LogP contribution is 2.20. The van der Waals surface area contributed by atoms with Gasteiger partial charge in [0.2, 0.25) is 0 Å². The first-order chi connectivity index (χ1) is 6.33. The molecule has 9 heteroatoms. The van der Waals surface area contributed by atoms with E-state index in [1.54, 1.807) is 0 Å². The first kappa shape index (κ1) is 15.0. The number of nitriles is 2. The second kappa shape index (κ2) is 8.17. The minimum atomic E-state index is -4.17. The highest BCUT2D eigenvalue weighted by molar-refractivity contribution is 6.33. The zero-order valence-electron chi connectivity index (χ0n) is 6.82. The molecule has 0 bridgehead atoms. The molecule has 0 aromatic carbocycles. The zero-order valence-corrected chi connectivity index (χ0v) is 6.82. The molecule has 0 aliphatic carbocycles. The van der Waals surface area contributed by atoms with Crippen LogP contribution in [0.5, 0.6) is 0 Å². The van der Waals surface area contributed by atoms with Crippen molar-refractivity contribution in [3.63, 3.8) is 0 Å². The van der Waals surface area contributed by atoms with Crippen LogP contribution in [0.1, 0.15) is 12.8 Å². The lowest BCUT2D eigenvalue weighted by Gasteiger charge is -1.99. The highest BCUT2D eigenvalue weighted by Gasteiger charge is 2.25. The summed E-state index contributed by atoms with van der Waals surface area (Å²) >= 11 is 0. The van der Waals surface area contributed by atoms with Crippen LogP contribution in [-0.2, 0) is 4.65 Å². The quantitative estimate of drug-likeness (QED) is 0.504. The van der Waals surface area contributed by atoms with Gasteiger partial charge in [-0.2, -0.15) is 23.7 Å². The fraction of sp³-hybridized carbons (Fsp3) is 0.600. The monoisotopic (exact) mass is 210 g/mol. The van der Waals surface area contributed by atoms with Crippen molar-refractivity contribution in [1.82, 2.24) is 0 Å². The maximum Gasteiger partial charge on any atom is 0.717 e. The van der Waals surface area contributed by atoms with Gasteiger partial charge >= 0.3 is 13.5 Å². The van der Waals surface area contributed by atoms with Gasteiger partial charge in [-0.15, -0.1) is 0 Å². The van der Waals surface area contributed by atoms with Crippen LogP contribution in [0.4, 0.5) is 13.2 Å². The van der Waals surface area contributed by atoms with Crippen molar-refractivity contribution in [2.75, 3.05) is 0 Å². The van der Waals surface area contributed by atoms with Crippen LogP contribution in [0.2, 0.25) is 0 Å². The largest absolute Gasteiger partial charge is 0.717 e. The van der Waals surface area contributed by atoms with Crippen molar-refractivity contribution in [2.24, 2.45) is 0 Å². The lowest BCUT2D eigenvalue weighted by Crippen LogP contribution is -2.12. The van der Waals surface area contributed by atoms with Crippen LogP contribution < -0.4 is 0 Å². The molecular weight excluding hydrogens is 204 g/mol. The zero-order chi connectivity index (χ0) is 11.6. The number of rotatable bonds is 2. The van der Waals surface area contributed by atoms with Crippen molar-refractivity contribution in [2.45, 2.75) is 19.0 Å². The Morgan fingerprint density at radius 3 is 1.86 bits per heavy atom. The Bertz CT molecular complexity index is 220. The van der Waals surface area contributed by atoms with Gasteiger partial charge in [0, 0.05) is 6.42 Å². The van der Waals surface area contributed by atoms with Crippen LogP contribution >= 0.6 is 0 Å². The first-order valence-corrected chi connectivity index (χ1v) is 3.18. The third kappa shape index (κ3) is 22.4. The van der Waals surface area contributed by atoms with E-state index in [4.69, 9.17) is 20.6 Å². The molecule has 5 nitrogen and oxygen atoms in total. The van der Waals surface area contributed by atoms with Gasteiger partial charge in [-0.25, -0.2) is 0 Å². The lowest BCUT2D eigenvalue weighted by atomic mass is 10.3. The Labute approximate surface area is 78.1 Å². The molecule has 0 aromatic heterocycles. The summed E-state index contributed by atoms with van der Waals surface area (Å²) in [6.07, 6.45) is -4.54. The summed E-state index contributed by atoms with van der Waals surface area (Å²) in [7, 11) is -1.96. The molecule has 0 aliphatic heterocycles. The fourth-order valence-corrected chi connectivity index (χ4v) is 0.245. The molecule has 0 heterocycles. The second-order valence-electron chi connectivity index (χ2n) is 1.81. The number of halogens is 3. The van der Waals surface area contributed by atoms with Crippen molar-refractivity contribution in [3.05, 3.63) is 0 Å². The minimum Gasteiger partial charge on any atom is -0.442 e. The Hall–Kier alpha value is -1.45. The summed E-state index contributed by atoms with van der Waals surface area (Å²) in [5.41, 5.74) is 0. The minimum absolute atomic E-state index is 0.441. The lowest BCUT2D eigenvalue weighted by molar-refractivity contribution is -0.133. The van der Waals surface area contributed by atoms with E-state index in [0.717, 1.165) is 6.26 Å². The predicted molar refractivity (Wildman–Crippen MR) is 37.8 cm³/mol. The van der Waals surface area contributed by atoms with Crippen LogP contribution in [0.3, 0.4) is 0 Å². The molecule has 0 spiro atoms. The van der Waals surface area contributed by atoms with Gasteiger partial charge in [-0.3, -0.25) is 0 Å². The number of nitrogens with zero attached hydrogens (tertiary/aromatic N) is 2. The second-order valence-corrected chi connectivity index (χ2v) is 1.81. The summed E-state index contributed by atoms with van der Waals surface area (Å²) in [5, 5.41) is 30.5. The number of hydrogen-bond acceptors (Lipinski definition) is 5. The number of alkyl halides is 3. The summed E-state index contributed by atoms with van der Waals surface area (Å²) in [5.74, 6) is 0. The van der Waals surface area contributed by atoms with Crippen LogP contribution in [-0.4, -0.2) is 23.5 Å². The third-order valence-corrected chi connectivity index (χ3v) is 0.678. The maximum atomic E-state index is 11.1. The van der Waals surface area contributed by atoms with E-state index in [1.807, 2.05) is 0 Å². The van der Waals surface area contributed by atoms with E-state index >= 15 is 0 Å². The van der Waals surface area contributed by atoms with Gasteiger partial charge in [0.25, 0.3) is 6.26 Å². The van der Waals surface area contributed by atoms with Gasteiger partial charge in [-0.1, -0.05) is 0 Å². The summed E-state index contributed by atoms with van der Waals surface area (Å²) in [6.45, 7) is 0. The highest BCUT2D eigenvalue weighted by atomic mass is 19.4. The summed E-state index contributed by atoms with van der Waals surface area (Å²) in [4.78, 5) is 0. The SMILES string of the molecule is N#CCCC(F)(F)F.N#COB(O)O. The van der Waals surface area contributed by atoms with E-state index in [9.17, 15) is 13.2 Å². The predicted octanol–water partition coefficient (Wildman–Crippen LogP) is 0.306. The molecule has 0 radical (unpaired) electrons. The van der Waals surface area contributed by atoms with Crippen molar-refractivity contribution < 1.29 is 27.9 Å². The summed E-state index contributed by atoms with van der Waals surface area (Å²) in [6, 6.07) is 1.40. The molecule has 0 saturated carbocycles. The molecule has 78 valence electrons. The molecule has 2 N–H and O–H groups in total. The van der Waals surface area contributed by atoms with Gasteiger partial charge < -0.3 is 14.7 Å². The Morgan fingerprint density at radius 1 is 1.29 bits per heavy atom. The molecular formula is C5H6BF3N2O3. The fourth-order valence-electron chi connectivity index (χ4n) is 0.245. The molecule has 0 aromatic rings. The van der Waals surface area contributed by atoms with Gasteiger partial charge in [0.15, 0.2) is 0 Å². The van der Waals surface area contributed by atoms with Crippen LogP contribution in [0, 0.1) is 22.8 Å². The average molecular weight is 210 g/mol. The van der Waals surface area contributed by atoms with Crippen molar-refractivity contribution in [3.8, 4) is 12.3 Å². The molecule has 0 aliphatic rings. The van der Waals surface area contributed by atoms with Crippen molar-refractivity contribution in [1.29, 1.82) is 10.5 Å². The maximum absolute atomic E-state index is 11.1. The molecule has 0 atom stereocenters. The molecule has 0 amide bonds. The molecule has 0 unspecified atom stereocenters. The van der Waals surface area contributed by atoms with Crippen LogP contribution in [0.25, 0.3) is 0 Å². The first-order valence-electron chi connectivity index (χ1n) is 3.18. The normalized spacial score (nSPS) is 8.79. The molecule has 0 saturated heterocycles. The topological polar surface area (TPSA) is 97.3 Å². The Kier molecular flexibility index (Phi) is 8.78. The van der Waals surface area contributed by atoms with Crippen molar-refractivity contribution >= 4 is 7.32 Å². The van der Waals surface area contributed by atoms with Gasteiger partial charge in [-0.05, 0) is 0 Å². The number of hydrogen-bond donors (Lipinski definition) is 2. The van der Waals surface area contributed by atoms with E-state index in [-0.39, 0.29) is 0 Å². The summed E-state index contributed by atoms with van der Waals surface area (Å²) < 4.78 is 36.7.